The predicted octanol–water partition coefficient (Wildman–Crippen LogP) is 6.29. The molecule has 0 saturated heterocycles. The summed E-state index contributed by atoms with van der Waals surface area (Å²) in [5, 5.41) is 0. The van der Waals surface area contributed by atoms with Crippen LogP contribution in [0.25, 0.3) is 11.6 Å². The van der Waals surface area contributed by atoms with Crippen LogP contribution in [0.4, 0.5) is 4.39 Å². The number of hydrogen-bond donors (Lipinski definition) is 1. The van der Waals surface area contributed by atoms with E-state index in [1.165, 1.54) is 12.1 Å². The summed E-state index contributed by atoms with van der Waals surface area (Å²) >= 11 is 0. The summed E-state index contributed by atoms with van der Waals surface area (Å²) in [5.41, 5.74) is 4.98. The number of aromatic amines is 1. The van der Waals surface area contributed by atoms with Crippen molar-refractivity contribution in [3.8, 4) is 0 Å². The van der Waals surface area contributed by atoms with Gasteiger partial charge in [0.05, 0.1) is 0 Å². The lowest BCUT2D eigenvalue weighted by Crippen LogP contribution is -2.24. The van der Waals surface area contributed by atoms with Gasteiger partial charge >= 0.3 is 0 Å². The molecule has 0 fully saturated rings. The number of H-pyrrole nitrogens is 1. The van der Waals surface area contributed by atoms with Gasteiger partial charge in [-0.3, -0.25) is 9.59 Å². The molecule has 2 rings (SSSR count). The van der Waals surface area contributed by atoms with Gasteiger partial charge < -0.3 is 9.88 Å². The molecule has 0 amide bonds. The molecule has 174 valence electrons. The lowest BCUT2D eigenvalue weighted by Gasteiger charge is -2.17. The first kappa shape index (κ1) is 25.7. The molecular weight excluding hydrogens is 403 g/mol. The maximum absolute atomic E-state index is 13.9. The van der Waals surface area contributed by atoms with Crippen LogP contribution in [0.15, 0.2) is 18.2 Å². The minimum Gasteiger partial charge on any atom is -0.358 e. The molecule has 1 heterocycles. The first-order valence-electron chi connectivity index (χ1n) is 11.7. The van der Waals surface area contributed by atoms with Crippen molar-refractivity contribution in [2.75, 3.05) is 19.6 Å². The summed E-state index contributed by atoms with van der Waals surface area (Å²) in [7, 11) is 0. The van der Waals surface area contributed by atoms with Gasteiger partial charge in [-0.15, -0.1) is 0 Å². The Hall–Kier alpha value is -2.53. The summed E-state index contributed by atoms with van der Waals surface area (Å²) < 4.78 is 13.9. The molecular formula is C27H37FN2O2. The first-order chi connectivity index (χ1) is 15.2. The maximum Gasteiger partial charge on any atom is 0.164 e. The Kier molecular flexibility index (Phi) is 9.58. The van der Waals surface area contributed by atoms with Crippen molar-refractivity contribution in [2.45, 2.75) is 67.2 Å². The highest BCUT2D eigenvalue weighted by atomic mass is 19.1. The minimum atomic E-state index is -0.375. The Bertz CT molecular complexity index is 984. The zero-order chi connectivity index (χ0) is 23.8. The van der Waals surface area contributed by atoms with E-state index in [2.05, 4.69) is 23.7 Å². The number of ketones is 2. The van der Waals surface area contributed by atoms with Crippen molar-refractivity contribution in [2.24, 2.45) is 0 Å². The third kappa shape index (κ3) is 6.26. The molecule has 32 heavy (non-hydrogen) atoms. The molecule has 4 nitrogen and oxygen atoms in total. The van der Waals surface area contributed by atoms with Gasteiger partial charge in [-0.25, -0.2) is 4.39 Å². The van der Waals surface area contributed by atoms with Crippen LogP contribution in [0.2, 0.25) is 0 Å². The molecule has 1 aromatic heterocycles. The van der Waals surface area contributed by atoms with Crippen LogP contribution in [0, 0.1) is 26.6 Å². The number of unbranched alkanes of at least 4 members (excludes halogenated alkanes) is 1. The van der Waals surface area contributed by atoms with E-state index in [4.69, 9.17) is 0 Å². The SMILES string of the molecule is CCC(=O)/C(=C\c1[nH]c(C)c(C(=O)CCCCN(CC)CC)c1C)c1cc(F)ccc1C. The van der Waals surface area contributed by atoms with Crippen LogP contribution >= 0.6 is 0 Å². The number of allylic oxidation sites excluding steroid dienone is 1. The normalized spacial score (nSPS) is 11.9. The van der Waals surface area contributed by atoms with E-state index in [1.54, 1.807) is 19.1 Å². The maximum atomic E-state index is 13.9. The number of hydrogen-bond acceptors (Lipinski definition) is 3. The van der Waals surface area contributed by atoms with Gasteiger partial charge in [-0.2, -0.15) is 0 Å². The van der Waals surface area contributed by atoms with E-state index in [0.29, 0.717) is 29.5 Å². The zero-order valence-corrected chi connectivity index (χ0v) is 20.4. The second-order valence-corrected chi connectivity index (χ2v) is 8.36. The third-order valence-corrected chi connectivity index (χ3v) is 6.18. The monoisotopic (exact) mass is 440 g/mol. The Morgan fingerprint density at radius 3 is 2.38 bits per heavy atom. The quantitative estimate of drug-likeness (QED) is 0.240. The number of aryl methyl sites for hydroxylation is 2. The molecule has 0 saturated carbocycles. The molecule has 0 spiro atoms. The van der Waals surface area contributed by atoms with Crippen molar-refractivity contribution in [1.29, 1.82) is 0 Å². The largest absolute Gasteiger partial charge is 0.358 e. The minimum absolute atomic E-state index is 0.0605. The predicted molar refractivity (Wildman–Crippen MR) is 131 cm³/mol. The van der Waals surface area contributed by atoms with Crippen LogP contribution in [0.5, 0.6) is 0 Å². The highest BCUT2D eigenvalue weighted by molar-refractivity contribution is 6.25. The molecule has 0 bridgehead atoms. The molecule has 0 atom stereocenters. The zero-order valence-electron chi connectivity index (χ0n) is 20.4. The number of Topliss-reactive ketones (excluding diaryl/α,β-unsaturated/α-hetero) is 2. The molecule has 0 radical (unpaired) electrons. The van der Waals surface area contributed by atoms with E-state index in [0.717, 1.165) is 55.0 Å². The lowest BCUT2D eigenvalue weighted by molar-refractivity contribution is -0.113. The van der Waals surface area contributed by atoms with Gasteiger partial charge in [-0.05, 0) is 88.1 Å². The number of carbonyl (C=O) groups is 2. The van der Waals surface area contributed by atoms with E-state index >= 15 is 0 Å². The van der Waals surface area contributed by atoms with Crippen molar-refractivity contribution in [3.05, 3.63) is 57.7 Å². The Balaban J connectivity index is 2.29. The van der Waals surface area contributed by atoms with Crippen LogP contribution in [0.1, 0.15) is 84.9 Å². The fourth-order valence-corrected chi connectivity index (χ4v) is 4.15. The summed E-state index contributed by atoms with van der Waals surface area (Å²) in [6.07, 6.45) is 4.45. The number of rotatable bonds is 12. The number of benzene rings is 1. The van der Waals surface area contributed by atoms with E-state index in [9.17, 15) is 14.0 Å². The summed E-state index contributed by atoms with van der Waals surface area (Å²) in [6, 6.07) is 4.48. The molecule has 0 unspecified atom stereocenters. The number of aromatic nitrogens is 1. The summed E-state index contributed by atoms with van der Waals surface area (Å²) in [5.74, 6) is -0.309. The second-order valence-electron chi connectivity index (χ2n) is 8.36. The van der Waals surface area contributed by atoms with Gasteiger partial charge in [0.2, 0.25) is 0 Å². The van der Waals surface area contributed by atoms with E-state index in [-0.39, 0.29) is 17.4 Å². The van der Waals surface area contributed by atoms with Crippen molar-refractivity contribution < 1.29 is 14.0 Å². The molecule has 0 aliphatic carbocycles. The fourth-order valence-electron chi connectivity index (χ4n) is 4.15. The average Bonchev–Trinajstić information content (AvgIpc) is 3.06. The lowest BCUT2D eigenvalue weighted by atomic mass is 9.94. The Labute approximate surface area is 191 Å². The van der Waals surface area contributed by atoms with Gasteiger partial charge in [0, 0.05) is 35.4 Å². The first-order valence-corrected chi connectivity index (χ1v) is 11.7. The van der Waals surface area contributed by atoms with Crippen LogP contribution in [-0.2, 0) is 4.79 Å². The number of nitrogens with one attached hydrogen (secondary N) is 1. The number of nitrogens with zero attached hydrogens (tertiary/aromatic N) is 1. The number of carbonyl (C=O) groups excluding carboxylic acids is 2. The van der Waals surface area contributed by atoms with Gasteiger partial charge in [-0.1, -0.05) is 26.8 Å². The fraction of sp³-hybridized carbons (Fsp3) is 0.481. The average molecular weight is 441 g/mol. The molecule has 1 N–H and O–H groups in total. The van der Waals surface area contributed by atoms with E-state index < -0.39 is 0 Å². The molecule has 2 aromatic rings. The van der Waals surface area contributed by atoms with Gasteiger partial charge in [0.25, 0.3) is 0 Å². The van der Waals surface area contributed by atoms with Crippen LogP contribution in [-0.4, -0.2) is 41.1 Å². The highest BCUT2D eigenvalue weighted by Crippen LogP contribution is 2.28. The molecule has 1 aromatic carbocycles. The molecule has 0 aliphatic heterocycles. The van der Waals surface area contributed by atoms with Crippen LogP contribution in [0.3, 0.4) is 0 Å². The number of halogens is 1. The van der Waals surface area contributed by atoms with Crippen molar-refractivity contribution >= 4 is 23.2 Å². The summed E-state index contributed by atoms with van der Waals surface area (Å²) in [6.45, 7) is 14.8. The van der Waals surface area contributed by atoms with E-state index in [1.807, 2.05) is 20.8 Å². The Morgan fingerprint density at radius 1 is 1.06 bits per heavy atom. The summed E-state index contributed by atoms with van der Waals surface area (Å²) in [4.78, 5) is 31.3. The van der Waals surface area contributed by atoms with Gasteiger partial charge in [0.15, 0.2) is 11.6 Å². The smallest absolute Gasteiger partial charge is 0.164 e. The third-order valence-electron chi connectivity index (χ3n) is 6.18. The highest BCUT2D eigenvalue weighted by Gasteiger charge is 2.20. The van der Waals surface area contributed by atoms with Crippen LogP contribution < -0.4 is 0 Å². The van der Waals surface area contributed by atoms with Gasteiger partial charge in [0.1, 0.15) is 5.82 Å². The Morgan fingerprint density at radius 2 is 1.75 bits per heavy atom. The molecule has 5 heteroatoms. The second kappa shape index (κ2) is 11.9. The molecule has 0 aliphatic rings. The standard InChI is InChI=1S/C27H37FN2O2/c1-7-25(31)23(22-16-21(28)14-13-18(22)4)17-24-19(5)27(20(6)29-24)26(32)12-10-11-15-30(8-2)9-3/h13-14,16-17,29H,7-12,15H2,1-6H3/b23-17-. The van der Waals surface area contributed by atoms with Crippen molar-refractivity contribution in [3.63, 3.8) is 0 Å². The topological polar surface area (TPSA) is 53.2 Å². The van der Waals surface area contributed by atoms with Crippen molar-refractivity contribution in [1.82, 2.24) is 9.88 Å².